The SMILES string of the molecule is Cc1nc2c(c3c1CN(C(=O)CC1CN(c4ccnc(C(F)F)c4)C1)C3)CCC2. The first kappa shape index (κ1) is 18.5. The molecule has 1 saturated heterocycles. The van der Waals surface area contributed by atoms with Crippen molar-refractivity contribution < 1.29 is 13.6 Å². The summed E-state index contributed by atoms with van der Waals surface area (Å²) in [4.78, 5) is 25.4. The van der Waals surface area contributed by atoms with Crippen molar-refractivity contribution in [1.29, 1.82) is 0 Å². The number of hydrogen-bond acceptors (Lipinski definition) is 4. The van der Waals surface area contributed by atoms with Crippen LogP contribution in [0, 0.1) is 12.8 Å². The van der Waals surface area contributed by atoms with Gasteiger partial charge >= 0.3 is 0 Å². The Morgan fingerprint density at radius 3 is 2.79 bits per heavy atom. The van der Waals surface area contributed by atoms with Gasteiger partial charge in [0.1, 0.15) is 5.69 Å². The topological polar surface area (TPSA) is 49.3 Å². The third kappa shape index (κ3) is 3.26. The number of fused-ring (bicyclic) bond motifs is 3. The zero-order valence-electron chi connectivity index (χ0n) is 16.5. The molecule has 5 rings (SSSR count). The largest absolute Gasteiger partial charge is 0.371 e. The molecule has 0 saturated carbocycles. The van der Waals surface area contributed by atoms with Crippen molar-refractivity contribution in [3.63, 3.8) is 0 Å². The van der Waals surface area contributed by atoms with Crippen molar-refractivity contribution in [1.82, 2.24) is 14.9 Å². The molecule has 3 aliphatic rings. The normalized spacial score (nSPS) is 18.2. The Balaban J connectivity index is 1.20. The van der Waals surface area contributed by atoms with Gasteiger partial charge in [-0.2, -0.15) is 0 Å². The lowest BCUT2D eigenvalue weighted by Crippen LogP contribution is -2.48. The van der Waals surface area contributed by atoms with Gasteiger partial charge in [0.05, 0.1) is 0 Å². The summed E-state index contributed by atoms with van der Waals surface area (Å²) >= 11 is 0. The number of aromatic nitrogens is 2. The number of nitrogens with zero attached hydrogens (tertiary/aromatic N) is 4. The first-order valence-electron chi connectivity index (χ1n) is 10.3. The van der Waals surface area contributed by atoms with Crippen LogP contribution < -0.4 is 4.90 Å². The highest BCUT2D eigenvalue weighted by atomic mass is 19.3. The molecule has 2 aromatic rings. The quantitative estimate of drug-likeness (QED) is 0.790. The smallest absolute Gasteiger partial charge is 0.280 e. The molecule has 0 bridgehead atoms. The van der Waals surface area contributed by atoms with Crippen LogP contribution in [0.15, 0.2) is 18.3 Å². The number of rotatable bonds is 4. The lowest BCUT2D eigenvalue weighted by Gasteiger charge is -2.41. The van der Waals surface area contributed by atoms with E-state index in [1.54, 1.807) is 6.07 Å². The molecule has 0 unspecified atom stereocenters. The number of carbonyl (C=O) groups excluding carboxylic acids is 1. The number of aryl methyl sites for hydroxylation is 2. The number of carbonyl (C=O) groups is 1. The van der Waals surface area contributed by atoms with Gasteiger partial charge in [0, 0.05) is 61.8 Å². The zero-order valence-corrected chi connectivity index (χ0v) is 16.5. The molecule has 0 spiro atoms. The van der Waals surface area contributed by atoms with Gasteiger partial charge in [0.15, 0.2) is 0 Å². The van der Waals surface area contributed by atoms with Crippen LogP contribution in [0.3, 0.4) is 0 Å². The van der Waals surface area contributed by atoms with Crippen LogP contribution in [0.1, 0.15) is 53.0 Å². The van der Waals surface area contributed by atoms with E-state index in [2.05, 4.69) is 11.9 Å². The predicted molar refractivity (Wildman–Crippen MR) is 105 cm³/mol. The van der Waals surface area contributed by atoms with Crippen LogP contribution >= 0.6 is 0 Å². The molecule has 2 aromatic heterocycles. The van der Waals surface area contributed by atoms with Crippen LogP contribution in [0.2, 0.25) is 0 Å². The van der Waals surface area contributed by atoms with Gasteiger partial charge in [0.25, 0.3) is 6.43 Å². The first-order valence-corrected chi connectivity index (χ1v) is 10.3. The molecule has 0 N–H and O–H groups in total. The second kappa shape index (κ2) is 7.04. The highest BCUT2D eigenvalue weighted by molar-refractivity contribution is 5.78. The summed E-state index contributed by atoms with van der Waals surface area (Å²) in [6.07, 6.45) is 2.66. The van der Waals surface area contributed by atoms with Gasteiger partial charge in [-0.05, 0) is 55.0 Å². The van der Waals surface area contributed by atoms with Crippen LogP contribution in [0.4, 0.5) is 14.5 Å². The molecular formula is C22H24F2N4O. The van der Waals surface area contributed by atoms with E-state index >= 15 is 0 Å². The van der Waals surface area contributed by atoms with E-state index in [4.69, 9.17) is 4.98 Å². The molecule has 5 nitrogen and oxygen atoms in total. The molecule has 2 aliphatic heterocycles. The van der Waals surface area contributed by atoms with E-state index in [1.165, 1.54) is 34.6 Å². The van der Waals surface area contributed by atoms with Crippen molar-refractivity contribution in [2.24, 2.45) is 5.92 Å². The predicted octanol–water partition coefficient (Wildman–Crippen LogP) is 3.58. The van der Waals surface area contributed by atoms with E-state index < -0.39 is 6.43 Å². The highest BCUT2D eigenvalue weighted by Gasteiger charge is 2.34. The maximum Gasteiger partial charge on any atom is 0.280 e. The van der Waals surface area contributed by atoms with Crippen molar-refractivity contribution in [3.05, 3.63) is 52.1 Å². The maximum absolute atomic E-state index is 12.9. The van der Waals surface area contributed by atoms with Gasteiger partial charge in [-0.1, -0.05) is 0 Å². The Morgan fingerprint density at radius 2 is 2.00 bits per heavy atom. The minimum Gasteiger partial charge on any atom is -0.371 e. The number of hydrogen-bond donors (Lipinski definition) is 0. The molecule has 1 amide bonds. The number of pyridine rings is 2. The molecule has 7 heteroatoms. The number of alkyl halides is 2. The van der Waals surface area contributed by atoms with Gasteiger partial charge in [-0.3, -0.25) is 14.8 Å². The fraction of sp³-hybridized carbons (Fsp3) is 0.500. The average Bonchev–Trinajstić information content (AvgIpc) is 3.31. The molecule has 0 atom stereocenters. The molecule has 29 heavy (non-hydrogen) atoms. The Hall–Kier alpha value is -2.57. The number of amides is 1. The summed E-state index contributed by atoms with van der Waals surface area (Å²) in [6, 6.07) is 3.19. The number of halogens is 2. The lowest BCUT2D eigenvalue weighted by molar-refractivity contribution is -0.133. The van der Waals surface area contributed by atoms with E-state index in [0.717, 1.165) is 43.7 Å². The standard InChI is InChI=1S/C22H24F2N4O/c1-13-17-11-28(12-18(17)16-3-2-4-19(16)26-13)21(29)7-14-9-27(10-14)15-5-6-25-20(8-15)22(23)24/h5-6,8,14,22H,2-4,7,9-12H2,1H3. The van der Waals surface area contributed by atoms with Gasteiger partial charge in [0.2, 0.25) is 5.91 Å². The second-order valence-electron chi connectivity index (χ2n) is 8.40. The monoisotopic (exact) mass is 398 g/mol. The molecular weight excluding hydrogens is 374 g/mol. The van der Waals surface area contributed by atoms with Crippen molar-refractivity contribution in [2.45, 2.75) is 52.1 Å². The fourth-order valence-corrected chi connectivity index (χ4v) is 4.90. The minimum atomic E-state index is -2.57. The molecule has 1 aliphatic carbocycles. The molecule has 152 valence electrons. The van der Waals surface area contributed by atoms with Crippen LogP contribution in [0.5, 0.6) is 0 Å². The van der Waals surface area contributed by atoms with E-state index in [0.29, 0.717) is 19.5 Å². The fourth-order valence-electron chi connectivity index (χ4n) is 4.90. The Kier molecular flexibility index (Phi) is 4.48. The zero-order chi connectivity index (χ0) is 20.1. The summed E-state index contributed by atoms with van der Waals surface area (Å²) in [5.41, 5.74) is 6.81. The van der Waals surface area contributed by atoms with Crippen LogP contribution in [-0.4, -0.2) is 33.9 Å². The van der Waals surface area contributed by atoms with Gasteiger partial charge in [-0.15, -0.1) is 0 Å². The van der Waals surface area contributed by atoms with E-state index in [-0.39, 0.29) is 17.5 Å². The minimum absolute atomic E-state index is 0.181. The summed E-state index contributed by atoms with van der Waals surface area (Å²) in [6.45, 7) is 4.86. The lowest BCUT2D eigenvalue weighted by atomic mass is 9.95. The maximum atomic E-state index is 12.9. The Bertz CT molecular complexity index is 972. The second-order valence-corrected chi connectivity index (χ2v) is 8.40. The van der Waals surface area contributed by atoms with Gasteiger partial charge in [-0.25, -0.2) is 8.78 Å². The first-order chi connectivity index (χ1) is 14.0. The highest BCUT2D eigenvalue weighted by Crippen LogP contribution is 2.35. The van der Waals surface area contributed by atoms with Crippen molar-refractivity contribution in [2.75, 3.05) is 18.0 Å². The number of anilines is 1. The van der Waals surface area contributed by atoms with Gasteiger partial charge < -0.3 is 9.80 Å². The average molecular weight is 398 g/mol. The molecule has 4 heterocycles. The third-order valence-corrected chi connectivity index (χ3v) is 6.48. The third-order valence-electron chi connectivity index (χ3n) is 6.48. The van der Waals surface area contributed by atoms with E-state index in [1.807, 2.05) is 9.80 Å². The Morgan fingerprint density at radius 1 is 1.21 bits per heavy atom. The summed E-state index contributed by atoms with van der Waals surface area (Å²) in [5.74, 6) is 0.444. The van der Waals surface area contributed by atoms with Crippen molar-refractivity contribution in [3.8, 4) is 0 Å². The van der Waals surface area contributed by atoms with Crippen molar-refractivity contribution >= 4 is 11.6 Å². The Labute approximate surface area is 168 Å². The van der Waals surface area contributed by atoms with Crippen LogP contribution in [0.25, 0.3) is 0 Å². The summed E-state index contributed by atoms with van der Waals surface area (Å²) in [5, 5.41) is 0. The van der Waals surface area contributed by atoms with Crippen LogP contribution in [-0.2, 0) is 30.7 Å². The van der Waals surface area contributed by atoms with E-state index in [9.17, 15) is 13.6 Å². The molecule has 1 fully saturated rings. The summed E-state index contributed by atoms with van der Waals surface area (Å²) in [7, 11) is 0. The summed E-state index contributed by atoms with van der Waals surface area (Å²) < 4.78 is 25.7. The molecule has 0 radical (unpaired) electrons. The molecule has 0 aromatic carbocycles.